The van der Waals surface area contributed by atoms with E-state index in [1.807, 2.05) is 32.0 Å². The minimum Gasteiger partial charge on any atom is -0.491 e. The van der Waals surface area contributed by atoms with E-state index >= 15 is 0 Å². The molecule has 2 rings (SSSR count). The van der Waals surface area contributed by atoms with Crippen LogP contribution >= 0.6 is 0 Å². The van der Waals surface area contributed by atoms with Gasteiger partial charge in [0.15, 0.2) is 0 Å². The summed E-state index contributed by atoms with van der Waals surface area (Å²) in [5.74, 6) is 0.587. The average Bonchev–Trinajstić information content (AvgIpc) is 2.60. The zero-order chi connectivity index (χ0) is 20.2. The van der Waals surface area contributed by atoms with Crippen LogP contribution in [-0.4, -0.2) is 40.8 Å². The molecule has 0 aliphatic heterocycles. The van der Waals surface area contributed by atoms with Gasteiger partial charge in [0, 0.05) is 12.6 Å². The van der Waals surface area contributed by atoms with Crippen molar-refractivity contribution in [2.75, 3.05) is 30.8 Å². The van der Waals surface area contributed by atoms with Gasteiger partial charge in [-0.2, -0.15) is 0 Å². The molecule has 2 aromatic rings. The van der Waals surface area contributed by atoms with Crippen LogP contribution in [0.1, 0.15) is 27.0 Å². The van der Waals surface area contributed by atoms with Crippen LogP contribution < -0.4 is 14.4 Å². The van der Waals surface area contributed by atoms with Crippen LogP contribution in [0.25, 0.3) is 0 Å². The van der Waals surface area contributed by atoms with Crippen LogP contribution in [-0.2, 0) is 10.0 Å². The summed E-state index contributed by atoms with van der Waals surface area (Å²) in [5.41, 5.74) is 3.98. The Kier molecular flexibility index (Phi) is 6.49. The third-order valence-corrected chi connectivity index (χ3v) is 5.69. The Morgan fingerprint density at radius 3 is 2.44 bits per heavy atom. The predicted molar refractivity (Wildman–Crippen MR) is 108 cm³/mol. The Labute approximate surface area is 161 Å². The van der Waals surface area contributed by atoms with E-state index in [1.165, 1.54) is 11.4 Å². The molecule has 7 heteroatoms. The number of hydrogen-bond acceptors (Lipinski definition) is 4. The molecule has 2 aromatic carbocycles. The third kappa shape index (κ3) is 5.23. The van der Waals surface area contributed by atoms with E-state index in [2.05, 4.69) is 5.32 Å². The number of carbonyl (C=O) groups excluding carboxylic acids is 1. The standard InChI is InChI=1S/C20H26N2O4S/c1-14-7-6-8-19(16(14)3)26-12-11-21-20(23)17-9-10-18(15(2)13-17)22(4)27(5,24)25/h6-10,13H,11-12H2,1-5H3,(H,21,23). The number of benzene rings is 2. The van der Waals surface area contributed by atoms with Crippen molar-refractivity contribution in [1.82, 2.24) is 5.32 Å². The maximum absolute atomic E-state index is 12.3. The molecule has 6 nitrogen and oxygen atoms in total. The highest BCUT2D eigenvalue weighted by molar-refractivity contribution is 7.92. The summed E-state index contributed by atoms with van der Waals surface area (Å²) in [6.45, 7) is 6.54. The Bertz CT molecular complexity index is 939. The summed E-state index contributed by atoms with van der Waals surface area (Å²) < 4.78 is 30.3. The van der Waals surface area contributed by atoms with E-state index in [9.17, 15) is 13.2 Å². The van der Waals surface area contributed by atoms with Gasteiger partial charge in [-0.1, -0.05) is 12.1 Å². The molecule has 0 saturated heterocycles. The molecular weight excluding hydrogens is 364 g/mol. The number of nitrogens with zero attached hydrogens (tertiary/aromatic N) is 1. The molecule has 0 heterocycles. The molecule has 0 radical (unpaired) electrons. The van der Waals surface area contributed by atoms with Gasteiger partial charge >= 0.3 is 0 Å². The largest absolute Gasteiger partial charge is 0.491 e. The van der Waals surface area contributed by atoms with Crippen LogP contribution in [0.3, 0.4) is 0 Å². The monoisotopic (exact) mass is 390 g/mol. The van der Waals surface area contributed by atoms with Crippen molar-refractivity contribution in [3.8, 4) is 5.75 Å². The highest BCUT2D eigenvalue weighted by Crippen LogP contribution is 2.22. The Morgan fingerprint density at radius 1 is 1.11 bits per heavy atom. The summed E-state index contributed by atoms with van der Waals surface area (Å²) in [6, 6.07) is 10.8. The summed E-state index contributed by atoms with van der Waals surface area (Å²) in [7, 11) is -1.86. The average molecular weight is 391 g/mol. The lowest BCUT2D eigenvalue weighted by molar-refractivity contribution is 0.0947. The van der Waals surface area contributed by atoms with Crippen LogP contribution in [0, 0.1) is 20.8 Å². The molecule has 1 amide bonds. The lowest BCUT2D eigenvalue weighted by Crippen LogP contribution is -2.29. The van der Waals surface area contributed by atoms with Gasteiger partial charge in [-0.25, -0.2) is 8.42 Å². The number of carbonyl (C=O) groups is 1. The first-order valence-electron chi connectivity index (χ1n) is 8.63. The van der Waals surface area contributed by atoms with E-state index < -0.39 is 10.0 Å². The first kappa shape index (κ1) is 20.8. The molecule has 0 aliphatic rings. The molecule has 0 aliphatic carbocycles. The number of aryl methyl sites for hydroxylation is 2. The van der Waals surface area contributed by atoms with Gasteiger partial charge in [0.1, 0.15) is 12.4 Å². The minimum absolute atomic E-state index is 0.226. The minimum atomic E-state index is -3.35. The maximum atomic E-state index is 12.3. The molecule has 27 heavy (non-hydrogen) atoms. The number of nitrogens with one attached hydrogen (secondary N) is 1. The Morgan fingerprint density at radius 2 is 1.81 bits per heavy atom. The quantitative estimate of drug-likeness (QED) is 0.738. The zero-order valence-electron chi connectivity index (χ0n) is 16.4. The smallest absolute Gasteiger partial charge is 0.251 e. The fourth-order valence-corrected chi connectivity index (χ4v) is 3.20. The summed E-state index contributed by atoms with van der Waals surface area (Å²) in [4.78, 5) is 12.3. The second-order valence-corrected chi connectivity index (χ2v) is 8.55. The van der Waals surface area contributed by atoms with Crippen molar-refractivity contribution in [3.05, 3.63) is 58.7 Å². The molecule has 0 unspecified atom stereocenters. The van der Waals surface area contributed by atoms with Gasteiger partial charge in [0.05, 0.1) is 18.5 Å². The van der Waals surface area contributed by atoms with E-state index in [-0.39, 0.29) is 5.91 Å². The number of anilines is 1. The molecule has 1 N–H and O–H groups in total. The number of hydrogen-bond donors (Lipinski definition) is 1. The number of sulfonamides is 1. The van der Waals surface area contributed by atoms with E-state index in [0.717, 1.165) is 23.1 Å². The van der Waals surface area contributed by atoms with Gasteiger partial charge in [-0.05, 0) is 61.7 Å². The van der Waals surface area contributed by atoms with Gasteiger partial charge in [0.2, 0.25) is 10.0 Å². The predicted octanol–water partition coefficient (Wildman–Crippen LogP) is 2.82. The highest BCUT2D eigenvalue weighted by atomic mass is 32.2. The fourth-order valence-electron chi connectivity index (χ4n) is 2.64. The van der Waals surface area contributed by atoms with Crippen LogP contribution in [0.5, 0.6) is 5.75 Å². The van der Waals surface area contributed by atoms with E-state index in [1.54, 1.807) is 25.1 Å². The topological polar surface area (TPSA) is 75.7 Å². The molecule has 0 fully saturated rings. The first-order chi connectivity index (χ1) is 12.6. The summed E-state index contributed by atoms with van der Waals surface area (Å²) >= 11 is 0. The number of ether oxygens (including phenoxy) is 1. The highest BCUT2D eigenvalue weighted by Gasteiger charge is 2.15. The van der Waals surface area contributed by atoms with Gasteiger partial charge in [-0.15, -0.1) is 0 Å². The molecule has 0 saturated carbocycles. The number of amides is 1. The van der Waals surface area contributed by atoms with Gasteiger partial charge in [0.25, 0.3) is 5.91 Å². The lowest BCUT2D eigenvalue weighted by Gasteiger charge is -2.19. The lowest BCUT2D eigenvalue weighted by atomic mass is 10.1. The Balaban J connectivity index is 1.94. The molecule has 146 valence electrons. The molecule has 0 aromatic heterocycles. The van der Waals surface area contributed by atoms with Crippen molar-refractivity contribution in [3.63, 3.8) is 0 Å². The zero-order valence-corrected chi connectivity index (χ0v) is 17.2. The summed E-state index contributed by atoms with van der Waals surface area (Å²) in [6.07, 6.45) is 1.14. The second-order valence-electron chi connectivity index (χ2n) is 6.53. The van der Waals surface area contributed by atoms with Gasteiger partial charge in [-0.3, -0.25) is 9.10 Å². The van der Waals surface area contributed by atoms with Crippen molar-refractivity contribution in [2.45, 2.75) is 20.8 Å². The van der Waals surface area contributed by atoms with Crippen molar-refractivity contribution >= 4 is 21.6 Å². The first-order valence-corrected chi connectivity index (χ1v) is 10.5. The molecule has 0 spiro atoms. The Hall–Kier alpha value is -2.54. The van der Waals surface area contributed by atoms with Crippen LogP contribution in [0.4, 0.5) is 5.69 Å². The summed E-state index contributed by atoms with van der Waals surface area (Å²) in [5, 5.41) is 2.81. The van der Waals surface area contributed by atoms with Crippen molar-refractivity contribution in [2.24, 2.45) is 0 Å². The van der Waals surface area contributed by atoms with Crippen LogP contribution in [0.15, 0.2) is 36.4 Å². The van der Waals surface area contributed by atoms with Crippen LogP contribution in [0.2, 0.25) is 0 Å². The molecule has 0 bridgehead atoms. The maximum Gasteiger partial charge on any atom is 0.251 e. The van der Waals surface area contributed by atoms with E-state index in [4.69, 9.17) is 4.74 Å². The van der Waals surface area contributed by atoms with Crippen molar-refractivity contribution in [1.29, 1.82) is 0 Å². The molecular formula is C20H26N2O4S. The SMILES string of the molecule is Cc1cc(C(=O)NCCOc2cccc(C)c2C)ccc1N(C)S(C)(=O)=O. The van der Waals surface area contributed by atoms with Crippen molar-refractivity contribution < 1.29 is 17.9 Å². The van der Waals surface area contributed by atoms with E-state index in [0.29, 0.717) is 30.0 Å². The number of rotatable bonds is 7. The normalized spacial score (nSPS) is 11.1. The third-order valence-electron chi connectivity index (χ3n) is 4.50. The molecule has 0 atom stereocenters. The van der Waals surface area contributed by atoms with Gasteiger partial charge < -0.3 is 10.1 Å². The fraction of sp³-hybridized carbons (Fsp3) is 0.350. The second kappa shape index (κ2) is 8.43.